The van der Waals surface area contributed by atoms with Gasteiger partial charge in [0, 0.05) is 24.8 Å². The minimum Gasteiger partial charge on any atom is -0.464 e. The first-order chi connectivity index (χ1) is 8.76. The predicted molar refractivity (Wildman–Crippen MR) is 68.8 cm³/mol. The molecule has 0 N–H and O–H groups in total. The fourth-order valence-electron chi connectivity index (χ4n) is 2.18. The summed E-state index contributed by atoms with van der Waals surface area (Å²) < 4.78 is 4.77. The van der Waals surface area contributed by atoms with Crippen LogP contribution in [-0.4, -0.2) is 36.1 Å². The van der Waals surface area contributed by atoms with Gasteiger partial charge < -0.3 is 9.64 Å². The first-order valence-electron chi connectivity index (χ1n) is 6.45. The summed E-state index contributed by atoms with van der Waals surface area (Å²) >= 11 is 0. The van der Waals surface area contributed by atoms with Crippen LogP contribution in [0.1, 0.15) is 42.2 Å². The third-order valence-electron chi connectivity index (χ3n) is 3.25. The largest absolute Gasteiger partial charge is 0.464 e. The molecule has 0 aromatic carbocycles. The van der Waals surface area contributed by atoms with E-state index in [-0.39, 0.29) is 5.97 Å². The minimum absolute atomic E-state index is 0.382. The zero-order chi connectivity index (χ0) is 13.0. The van der Waals surface area contributed by atoms with E-state index >= 15 is 0 Å². The summed E-state index contributed by atoms with van der Waals surface area (Å²) in [4.78, 5) is 22.6. The van der Waals surface area contributed by atoms with Crippen LogP contribution in [-0.2, 0) is 11.2 Å². The summed E-state index contributed by atoms with van der Waals surface area (Å²) in [5, 5.41) is 0. The molecule has 0 saturated carbocycles. The molecule has 0 spiro atoms. The summed E-state index contributed by atoms with van der Waals surface area (Å²) in [6.45, 7) is 3.91. The van der Waals surface area contributed by atoms with Crippen molar-refractivity contribution in [3.8, 4) is 0 Å². The van der Waals surface area contributed by atoms with E-state index in [2.05, 4.69) is 14.9 Å². The normalized spacial score (nSPS) is 15.6. The maximum Gasteiger partial charge on any atom is 0.357 e. The molecule has 1 saturated heterocycles. The van der Waals surface area contributed by atoms with Crippen molar-refractivity contribution in [1.82, 2.24) is 9.97 Å². The van der Waals surface area contributed by atoms with Crippen molar-refractivity contribution < 1.29 is 9.53 Å². The zero-order valence-corrected chi connectivity index (χ0v) is 11.0. The van der Waals surface area contributed by atoms with Crippen molar-refractivity contribution in [2.24, 2.45) is 0 Å². The van der Waals surface area contributed by atoms with Crippen molar-refractivity contribution in [2.75, 3.05) is 25.1 Å². The highest BCUT2D eigenvalue weighted by Crippen LogP contribution is 2.17. The Morgan fingerprint density at radius 2 is 2.11 bits per heavy atom. The third kappa shape index (κ3) is 2.60. The molecule has 1 fully saturated rings. The number of esters is 1. The summed E-state index contributed by atoms with van der Waals surface area (Å²) in [5.74, 6) is 0.264. The van der Waals surface area contributed by atoms with Crippen LogP contribution < -0.4 is 4.90 Å². The summed E-state index contributed by atoms with van der Waals surface area (Å²) in [6.07, 6.45) is 6.04. The lowest BCUT2D eigenvalue weighted by Crippen LogP contribution is -2.31. The first-order valence-corrected chi connectivity index (χ1v) is 6.45. The molecular weight excluding hydrogens is 230 g/mol. The van der Waals surface area contributed by atoms with Crippen LogP contribution >= 0.6 is 0 Å². The Labute approximate surface area is 107 Å². The van der Waals surface area contributed by atoms with Crippen LogP contribution in [0.15, 0.2) is 6.20 Å². The molecule has 0 radical (unpaired) electrons. The van der Waals surface area contributed by atoms with Gasteiger partial charge in [0.15, 0.2) is 5.69 Å². The van der Waals surface area contributed by atoms with Gasteiger partial charge in [-0.05, 0) is 25.7 Å². The topological polar surface area (TPSA) is 55.3 Å². The van der Waals surface area contributed by atoms with Gasteiger partial charge in [0.1, 0.15) is 0 Å². The lowest BCUT2D eigenvalue weighted by Gasteiger charge is -2.26. The van der Waals surface area contributed by atoms with Crippen molar-refractivity contribution in [3.05, 3.63) is 17.5 Å². The van der Waals surface area contributed by atoms with E-state index in [4.69, 9.17) is 4.74 Å². The number of ether oxygens (including phenoxy) is 1. The summed E-state index contributed by atoms with van der Waals surface area (Å²) in [5.41, 5.74) is 1.23. The van der Waals surface area contributed by atoms with E-state index < -0.39 is 0 Å². The maximum atomic E-state index is 11.7. The lowest BCUT2D eigenvalue weighted by atomic mass is 10.1. The van der Waals surface area contributed by atoms with E-state index in [1.807, 2.05) is 6.92 Å². The van der Waals surface area contributed by atoms with Gasteiger partial charge in [-0.2, -0.15) is 0 Å². The standard InChI is InChI=1S/C13H19N3O2/c1-3-10-9-14-13(15-11(10)12(17)18-2)16-7-5-4-6-8-16/h9H,3-8H2,1-2H3. The maximum absolute atomic E-state index is 11.7. The molecule has 2 heterocycles. The lowest BCUT2D eigenvalue weighted by molar-refractivity contribution is 0.0592. The highest BCUT2D eigenvalue weighted by atomic mass is 16.5. The number of aromatic nitrogens is 2. The van der Waals surface area contributed by atoms with Gasteiger partial charge >= 0.3 is 5.97 Å². The van der Waals surface area contributed by atoms with Crippen LogP contribution in [0.4, 0.5) is 5.95 Å². The zero-order valence-electron chi connectivity index (χ0n) is 11.0. The Hall–Kier alpha value is -1.65. The van der Waals surface area contributed by atoms with Gasteiger partial charge in [-0.3, -0.25) is 0 Å². The second-order valence-corrected chi connectivity index (χ2v) is 4.44. The number of methoxy groups -OCH3 is 1. The third-order valence-corrected chi connectivity index (χ3v) is 3.25. The molecule has 1 aliphatic heterocycles. The molecule has 5 heteroatoms. The fraction of sp³-hybridized carbons (Fsp3) is 0.615. The van der Waals surface area contributed by atoms with Gasteiger partial charge in [0.25, 0.3) is 0 Å². The minimum atomic E-state index is -0.382. The number of carbonyl (C=O) groups is 1. The van der Waals surface area contributed by atoms with Crippen LogP contribution in [0.2, 0.25) is 0 Å². The SMILES string of the molecule is CCc1cnc(N2CCCCC2)nc1C(=O)OC. The Morgan fingerprint density at radius 1 is 1.39 bits per heavy atom. The second kappa shape index (κ2) is 5.80. The molecule has 98 valence electrons. The van der Waals surface area contributed by atoms with Crippen LogP contribution in [0, 0.1) is 0 Å². The number of hydrogen-bond acceptors (Lipinski definition) is 5. The highest BCUT2D eigenvalue weighted by Gasteiger charge is 2.18. The molecule has 0 amide bonds. The quantitative estimate of drug-likeness (QED) is 0.765. The number of anilines is 1. The molecule has 18 heavy (non-hydrogen) atoms. The van der Waals surface area contributed by atoms with Crippen molar-refractivity contribution in [3.63, 3.8) is 0 Å². The molecule has 5 nitrogen and oxygen atoms in total. The number of piperidine rings is 1. The number of hydrogen-bond donors (Lipinski definition) is 0. The van der Waals surface area contributed by atoms with Gasteiger partial charge in [0.05, 0.1) is 7.11 Å². The van der Waals surface area contributed by atoms with Crippen molar-refractivity contribution >= 4 is 11.9 Å². The van der Waals surface area contributed by atoms with Crippen LogP contribution in [0.5, 0.6) is 0 Å². The van der Waals surface area contributed by atoms with Crippen molar-refractivity contribution in [1.29, 1.82) is 0 Å². The molecule has 0 atom stereocenters. The predicted octanol–water partition coefficient (Wildman–Crippen LogP) is 1.82. The Morgan fingerprint density at radius 3 is 2.72 bits per heavy atom. The average molecular weight is 249 g/mol. The van der Waals surface area contributed by atoms with E-state index in [0.29, 0.717) is 11.6 Å². The van der Waals surface area contributed by atoms with E-state index in [1.165, 1.54) is 13.5 Å². The molecule has 0 unspecified atom stereocenters. The van der Waals surface area contributed by atoms with Crippen LogP contribution in [0.25, 0.3) is 0 Å². The highest BCUT2D eigenvalue weighted by molar-refractivity contribution is 5.89. The Balaban J connectivity index is 2.29. The number of aryl methyl sites for hydroxylation is 1. The van der Waals surface area contributed by atoms with Gasteiger partial charge in [-0.25, -0.2) is 14.8 Å². The second-order valence-electron chi connectivity index (χ2n) is 4.44. The molecule has 1 aliphatic rings. The monoisotopic (exact) mass is 249 g/mol. The molecule has 0 aliphatic carbocycles. The number of nitrogens with zero attached hydrogens (tertiary/aromatic N) is 3. The molecule has 1 aromatic rings. The fourth-order valence-corrected chi connectivity index (χ4v) is 2.18. The van der Waals surface area contributed by atoms with E-state index in [1.54, 1.807) is 6.20 Å². The first kappa shape index (κ1) is 12.8. The van der Waals surface area contributed by atoms with E-state index in [0.717, 1.165) is 37.9 Å². The summed E-state index contributed by atoms with van der Waals surface area (Å²) in [6, 6.07) is 0. The Bertz CT molecular complexity index is 428. The molecule has 1 aromatic heterocycles. The number of rotatable bonds is 3. The van der Waals surface area contributed by atoms with Gasteiger partial charge in [0.2, 0.25) is 5.95 Å². The summed E-state index contributed by atoms with van der Waals surface area (Å²) in [7, 11) is 1.38. The van der Waals surface area contributed by atoms with Gasteiger partial charge in [-0.1, -0.05) is 6.92 Å². The molecule has 2 rings (SSSR count). The van der Waals surface area contributed by atoms with Crippen molar-refractivity contribution in [2.45, 2.75) is 32.6 Å². The number of carbonyl (C=O) groups excluding carboxylic acids is 1. The Kier molecular flexibility index (Phi) is 4.12. The average Bonchev–Trinajstić information content (AvgIpc) is 2.46. The molecule has 0 bridgehead atoms. The molecular formula is C13H19N3O2. The van der Waals surface area contributed by atoms with Crippen LogP contribution in [0.3, 0.4) is 0 Å². The van der Waals surface area contributed by atoms with Gasteiger partial charge in [-0.15, -0.1) is 0 Å². The smallest absolute Gasteiger partial charge is 0.357 e. The van der Waals surface area contributed by atoms with E-state index in [9.17, 15) is 4.79 Å².